The van der Waals surface area contributed by atoms with Crippen LogP contribution < -0.4 is 41.7 Å². The molecule has 90 heavy (non-hydrogen) atoms. The van der Waals surface area contributed by atoms with Crippen molar-refractivity contribution in [1.29, 1.82) is 0 Å². The number of fused-ring (bicyclic) bond motifs is 10. The van der Waals surface area contributed by atoms with Crippen LogP contribution in [0.5, 0.6) is 0 Å². The monoisotopic (exact) mass is 1190 g/mol. The molecule has 5 heterocycles. The Morgan fingerprint density at radius 2 is 0.933 bits per heavy atom. The summed E-state index contributed by atoms with van der Waals surface area (Å²) in [4.78, 5) is 8.82. The maximum Gasteiger partial charge on any atom is 0.252 e. The molecule has 2 aliphatic rings. The van der Waals surface area contributed by atoms with E-state index in [9.17, 15) is 0 Å². The summed E-state index contributed by atoms with van der Waals surface area (Å²) >= 11 is 1.91. The van der Waals surface area contributed by atoms with E-state index in [0.717, 1.165) is 72.8 Å². The lowest BCUT2D eigenvalue weighted by Crippen LogP contribution is -2.60. The molecule has 2 aliphatic heterocycles. The number of anilines is 9. The van der Waals surface area contributed by atoms with E-state index in [1.165, 1.54) is 81.1 Å². The van der Waals surface area contributed by atoms with Crippen LogP contribution in [0.3, 0.4) is 0 Å². The molecule has 450 valence electrons. The van der Waals surface area contributed by atoms with Crippen molar-refractivity contribution < 1.29 is 4.42 Å². The first-order valence-electron chi connectivity index (χ1n) is 32.2. The molecule has 0 spiro atoms. The van der Waals surface area contributed by atoms with Crippen molar-refractivity contribution in [2.75, 3.05) is 14.7 Å². The average Bonchev–Trinajstić information content (AvgIpc) is 1.37. The fourth-order valence-electron chi connectivity index (χ4n) is 14.1. The predicted molar refractivity (Wildman–Crippen MR) is 392 cm³/mol. The third-order valence-corrected chi connectivity index (χ3v) is 20.2. The lowest BCUT2D eigenvalue weighted by Gasteiger charge is -2.42. The number of hydrogen-bond donors (Lipinski definition) is 0. The second kappa shape index (κ2) is 20.9. The van der Waals surface area contributed by atoms with Gasteiger partial charge in [0.25, 0.3) is 6.71 Å². The largest absolute Gasteiger partial charge is 0.456 e. The van der Waals surface area contributed by atoms with Crippen LogP contribution in [0.4, 0.5) is 51.2 Å². The molecule has 7 heteroatoms. The molecule has 0 saturated carbocycles. The van der Waals surface area contributed by atoms with E-state index in [0.29, 0.717) is 0 Å². The van der Waals surface area contributed by atoms with Gasteiger partial charge in [-0.1, -0.05) is 208 Å². The number of aromatic nitrogens is 1. The van der Waals surface area contributed by atoms with Crippen LogP contribution in [-0.2, 0) is 27.1 Å². The van der Waals surface area contributed by atoms with Crippen molar-refractivity contribution in [3.8, 4) is 5.69 Å². The molecule has 12 aromatic rings. The van der Waals surface area contributed by atoms with E-state index >= 15 is 0 Å². The zero-order chi connectivity index (χ0) is 63.3. The van der Waals surface area contributed by atoms with E-state index in [-0.39, 0.29) is 33.8 Å². The first-order valence-corrected chi connectivity index (χ1v) is 33.0. The minimum Gasteiger partial charge on any atom is -0.456 e. The number of furan rings is 1. The highest BCUT2D eigenvalue weighted by Crippen LogP contribution is 2.51. The third kappa shape index (κ3) is 9.64. The highest BCUT2D eigenvalue weighted by Gasteiger charge is 2.45. The van der Waals surface area contributed by atoms with Crippen molar-refractivity contribution in [3.63, 3.8) is 0 Å². The van der Waals surface area contributed by atoms with E-state index in [4.69, 9.17) is 4.42 Å². The molecule has 0 saturated heterocycles. The quantitative estimate of drug-likeness (QED) is 0.142. The first kappa shape index (κ1) is 58.9. The molecule has 5 nitrogen and oxygen atoms in total. The standard InChI is InChI=1S/C83H83BN4OS/c1-18-23-62-71(19-2)89-72-26-22-25-67(75(62)72)87-68-48-60(85(56-36-28-51(29-37-56)79(3,4)5)57-38-30-52(31-39-57)80(6,7)8)44-45-65(68)84-66-47-55(83(15,16)17)46-64-74-63-24-20-21-27-73(63)90-78(74)88(77(64)66)70-50-61(49-69(87)76(70)84)86(58-40-32-53(33-41-58)81(9,10)11)59-42-34-54(35-43-59)82(12,13)14/h18-50H,1H2,2-17H3/b62-23+,71-19+. The van der Waals surface area contributed by atoms with Gasteiger partial charge in [-0.15, -0.1) is 11.3 Å². The summed E-state index contributed by atoms with van der Waals surface area (Å²) < 4.78 is 10.8. The van der Waals surface area contributed by atoms with Crippen LogP contribution in [0, 0.1) is 0 Å². The summed E-state index contributed by atoms with van der Waals surface area (Å²) in [6.07, 6.45) is 6.10. The molecule has 3 aromatic heterocycles. The Morgan fingerprint density at radius 3 is 1.44 bits per heavy atom. The fourth-order valence-corrected chi connectivity index (χ4v) is 15.3. The normalized spacial score (nSPS) is 13.9. The summed E-state index contributed by atoms with van der Waals surface area (Å²) in [5.41, 5.74) is 23.9. The number of rotatable bonds is 8. The SMILES string of the molecule is C=C/C=c1\c(=C/C)oc2cccc(N3c4cc(N(c5ccc(C(C)(C)C)cc5)c5ccc(C(C)(C)C)cc5)ccc4B4c5c3cc(N(c3ccc(C(C)(C)C)cc3)c3ccc(C(C)(C)C)cc3)cc5-n3c5sc6ccccc6c5c5cc(C(C)(C)C)cc4c53)c12. The van der Waals surface area contributed by atoms with Gasteiger partial charge in [0.1, 0.15) is 15.8 Å². The van der Waals surface area contributed by atoms with Gasteiger partial charge in [0.15, 0.2) is 0 Å². The van der Waals surface area contributed by atoms with Gasteiger partial charge in [0, 0.05) is 71.6 Å². The molecule has 0 unspecified atom stereocenters. The lowest BCUT2D eigenvalue weighted by molar-refractivity contribution is 0.575. The topological polar surface area (TPSA) is 27.8 Å². The Kier molecular flexibility index (Phi) is 13.7. The smallest absolute Gasteiger partial charge is 0.252 e. The van der Waals surface area contributed by atoms with Crippen molar-refractivity contribution in [2.24, 2.45) is 0 Å². The summed E-state index contributed by atoms with van der Waals surface area (Å²) in [6.45, 7) is 40.9. The Labute approximate surface area is 537 Å². The van der Waals surface area contributed by atoms with Crippen LogP contribution in [0.15, 0.2) is 199 Å². The minimum atomic E-state index is -0.157. The van der Waals surface area contributed by atoms with Crippen LogP contribution >= 0.6 is 11.3 Å². The Hall–Kier alpha value is -8.78. The molecule has 0 bridgehead atoms. The second-order valence-electron chi connectivity index (χ2n) is 30.3. The number of thiophene rings is 1. The molecule has 0 radical (unpaired) electrons. The summed E-state index contributed by atoms with van der Waals surface area (Å²) in [6, 6.07) is 70.2. The Morgan fingerprint density at radius 1 is 0.444 bits per heavy atom. The molecule has 0 N–H and O–H groups in total. The molecule has 14 rings (SSSR count). The van der Waals surface area contributed by atoms with Crippen LogP contribution in [0.1, 0.15) is 139 Å². The van der Waals surface area contributed by atoms with E-state index in [1.807, 2.05) is 17.4 Å². The first-order chi connectivity index (χ1) is 42.7. The third-order valence-electron chi connectivity index (χ3n) is 19.1. The number of hydrogen-bond acceptors (Lipinski definition) is 5. The highest BCUT2D eigenvalue weighted by molar-refractivity contribution is 7.26. The maximum absolute atomic E-state index is 6.89. The van der Waals surface area contributed by atoms with Crippen LogP contribution in [-0.4, -0.2) is 11.3 Å². The number of allylic oxidation sites excluding steroid dienone is 1. The van der Waals surface area contributed by atoms with Crippen LogP contribution in [0.2, 0.25) is 0 Å². The Balaban J connectivity index is 1.15. The number of nitrogens with zero attached hydrogens (tertiary/aromatic N) is 4. The molecule has 0 amide bonds. The Bertz CT molecular complexity index is 4870. The van der Waals surface area contributed by atoms with Crippen molar-refractivity contribution in [1.82, 2.24) is 4.57 Å². The highest BCUT2D eigenvalue weighted by atomic mass is 32.1. The van der Waals surface area contributed by atoms with E-state index < -0.39 is 0 Å². The van der Waals surface area contributed by atoms with Gasteiger partial charge in [-0.3, -0.25) is 0 Å². The van der Waals surface area contributed by atoms with E-state index in [2.05, 4.69) is 331 Å². The summed E-state index contributed by atoms with van der Waals surface area (Å²) in [7, 11) is 0. The summed E-state index contributed by atoms with van der Waals surface area (Å²) in [5, 5.41) is 5.94. The zero-order valence-electron chi connectivity index (χ0n) is 55.4. The molecule has 0 atom stereocenters. The van der Waals surface area contributed by atoms with Gasteiger partial charge in [0.05, 0.1) is 22.3 Å². The number of benzene rings is 9. The van der Waals surface area contributed by atoms with Gasteiger partial charge in [-0.2, -0.15) is 0 Å². The molecule has 9 aromatic carbocycles. The minimum absolute atomic E-state index is 0.0142. The van der Waals surface area contributed by atoms with Gasteiger partial charge >= 0.3 is 0 Å². The fraction of sp³-hybridized carbons (Fsp3) is 0.253. The molecule has 0 aliphatic carbocycles. The average molecular weight is 1200 g/mol. The van der Waals surface area contributed by atoms with Gasteiger partial charge in [-0.25, -0.2) is 0 Å². The molecular formula is C83H83BN4OS. The zero-order valence-corrected chi connectivity index (χ0v) is 56.3. The molecule has 0 fully saturated rings. The van der Waals surface area contributed by atoms with E-state index in [1.54, 1.807) is 0 Å². The predicted octanol–water partition coefficient (Wildman–Crippen LogP) is 20.6. The lowest BCUT2D eigenvalue weighted by atomic mass is 9.33. The molecular weight excluding hydrogens is 1110 g/mol. The van der Waals surface area contributed by atoms with Gasteiger partial charge in [-0.05, 0) is 181 Å². The summed E-state index contributed by atoms with van der Waals surface area (Å²) in [5.74, 6) is 0. The van der Waals surface area contributed by atoms with Gasteiger partial charge in [0.2, 0.25) is 0 Å². The maximum atomic E-state index is 6.89. The van der Waals surface area contributed by atoms with Crippen LogP contribution in [0.25, 0.3) is 60.0 Å². The van der Waals surface area contributed by atoms with Crippen molar-refractivity contribution >= 4 is 140 Å². The second-order valence-corrected chi connectivity index (χ2v) is 31.3. The van der Waals surface area contributed by atoms with Crippen molar-refractivity contribution in [3.05, 3.63) is 233 Å². The van der Waals surface area contributed by atoms with Gasteiger partial charge < -0.3 is 23.7 Å². The van der Waals surface area contributed by atoms with Crippen molar-refractivity contribution in [2.45, 2.75) is 138 Å².